The van der Waals surface area contributed by atoms with E-state index in [2.05, 4.69) is 54.5 Å². The third kappa shape index (κ3) is 1.32. The summed E-state index contributed by atoms with van der Waals surface area (Å²) in [4.78, 5) is 3.47. The number of aromatic amines is 1. The van der Waals surface area contributed by atoms with Gasteiger partial charge in [0.25, 0.3) is 0 Å². The number of rotatable bonds is 2. The van der Waals surface area contributed by atoms with Crippen LogP contribution in [0.3, 0.4) is 0 Å². The highest BCUT2D eigenvalue weighted by Gasteiger charge is 2.07. The van der Waals surface area contributed by atoms with Gasteiger partial charge in [-0.3, -0.25) is 0 Å². The molecule has 0 radical (unpaired) electrons. The molecule has 0 aliphatic carbocycles. The summed E-state index contributed by atoms with van der Waals surface area (Å²) in [6.45, 7) is 7.71. The number of fused-ring (bicyclic) bond motifs is 3. The van der Waals surface area contributed by atoms with Crippen LogP contribution in [0.5, 0.6) is 0 Å². The maximum Gasteiger partial charge on any atom is 0.0538 e. The third-order valence-electron chi connectivity index (χ3n) is 3.17. The predicted molar refractivity (Wildman–Crippen MR) is 76.0 cm³/mol. The number of nitrogens with one attached hydrogen (secondary N) is 1. The molecule has 17 heavy (non-hydrogen) atoms. The summed E-state index contributed by atoms with van der Waals surface area (Å²) in [6, 6.07) is 12.5. The molecule has 82 valence electrons. The van der Waals surface area contributed by atoms with E-state index in [1.165, 1.54) is 10.8 Å². The second-order valence-corrected chi connectivity index (χ2v) is 4.07. The van der Waals surface area contributed by atoms with Crippen LogP contribution in [-0.2, 0) is 0 Å². The first-order valence-electron chi connectivity index (χ1n) is 5.63. The molecule has 1 aromatic heterocycles. The zero-order valence-electron chi connectivity index (χ0n) is 9.53. The van der Waals surface area contributed by atoms with Crippen LogP contribution in [0.4, 0.5) is 0 Å². The molecule has 1 N–H and O–H groups in total. The molecule has 0 bridgehead atoms. The van der Waals surface area contributed by atoms with Gasteiger partial charge in [0.1, 0.15) is 0 Å². The van der Waals surface area contributed by atoms with Gasteiger partial charge in [-0.15, -0.1) is 0 Å². The Labute approximate surface area is 100 Å². The van der Waals surface area contributed by atoms with Crippen molar-refractivity contribution in [3.8, 4) is 0 Å². The Balaban J connectivity index is 2.57. The van der Waals surface area contributed by atoms with Gasteiger partial charge in [-0.05, 0) is 11.1 Å². The molecule has 1 heterocycles. The average molecular weight is 219 g/mol. The highest BCUT2D eigenvalue weighted by Crippen LogP contribution is 2.30. The molecule has 0 saturated heterocycles. The van der Waals surface area contributed by atoms with Gasteiger partial charge in [0.2, 0.25) is 0 Å². The summed E-state index contributed by atoms with van der Waals surface area (Å²) in [6.07, 6.45) is 3.76. The Bertz CT molecular complexity index is 669. The second-order valence-electron chi connectivity index (χ2n) is 4.07. The van der Waals surface area contributed by atoms with Crippen molar-refractivity contribution >= 4 is 34.0 Å². The molecule has 0 atom stereocenters. The number of hydrogen-bond donors (Lipinski definition) is 1. The lowest BCUT2D eigenvalue weighted by Crippen LogP contribution is -1.75. The topological polar surface area (TPSA) is 15.8 Å². The fourth-order valence-electron chi connectivity index (χ4n) is 2.33. The van der Waals surface area contributed by atoms with E-state index in [1.54, 1.807) is 0 Å². The van der Waals surface area contributed by atoms with Crippen LogP contribution in [-0.4, -0.2) is 4.98 Å². The number of H-pyrrole nitrogens is 1. The van der Waals surface area contributed by atoms with E-state index < -0.39 is 0 Å². The van der Waals surface area contributed by atoms with Gasteiger partial charge in [0, 0.05) is 10.8 Å². The Morgan fingerprint density at radius 1 is 0.765 bits per heavy atom. The Morgan fingerprint density at radius 2 is 1.24 bits per heavy atom. The summed E-state index contributed by atoms with van der Waals surface area (Å²) < 4.78 is 0. The molecule has 0 spiro atoms. The molecule has 3 aromatic rings. The Kier molecular flexibility index (Phi) is 2.12. The molecule has 3 rings (SSSR count). The van der Waals surface area contributed by atoms with E-state index in [4.69, 9.17) is 0 Å². The molecule has 2 aromatic carbocycles. The number of para-hydroxylation sites is 2. The van der Waals surface area contributed by atoms with Crippen LogP contribution in [0.2, 0.25) is 0 Å². The second kappa shape index (κ2) is 3.63. The van der Waals surface area contributed by atoms with Crippen LogP contribution >= 0.6 is 0 Å². The monoisotopic (exact) mass is 219 g/mol. The highest BCUT2D eigenvalue weighted by molar-refractivity contribution is 6.11. The zero-order chi connectivity index (χ0) is 11.8. The minimum atomic E-state index is 1.13. The lowest BCUT2D eigenvalue weighted by Gasteiger charge is -1.95. The fraction of sp³-hybridized carbons (Fsp3) is 0. The van der Waals surface area contributed by atoms with Crippen molar-refractivity contribution in [2.75, 3.05) is 0 Å². The van der Waals surface area contributed by atoms with Gasteiger partial charge >= 0.3 is 0 Å². The van der Waals surface area contributed by atoms with Crippen LogP contribution in [0.1, 0.15) is 11.1 Å². The van der Waals surface area contributed by atoms with Crippen LogP contribution in [0, 0.1) is 0 Å². The fourth-order valence-corrected chi connectivity index (χ4v) is 2.33. The summed E-state index contributed by atoms with van der Waals surface area (Å²) in [5.41, 5.74) is 4.56. The van der Waals surface area contributed by atoms with Crippen molar-refractivity contribution in [3.05, 3.63) is 60.7 Å². The molecule has 0 unspecified atom stereocenters. The molecule has 1 heteroatoms. The first-order chi connectivity index (χ1) is 8.35. The summed E-state index contributed by atoms with van der Waals surface area (Å²) in [5, 5.41) is 2.47. The molecule has 0 aliphatic heterocycles. The normalized spacial score (nSPS) is 10.8. The Morgan fingerprint density at radius 3 is 1.65 bits per heavy atom. The van der Waals surface area contributed by atoms with Crippen molar-refractivity contribution in [1.29, 1.82) is 0 Å². The molecular weight excluding hydrogens is 206 g/mol. The molecule has 0 saturated carbocycles. The predicted octanol–water partition coefficient (Wildman–Crippen LogP) is 4.61. The smallest absolute Gasteiger partial charge is 0.0538 e. The number of benzene rings is 2. The Hall–Kier alpha value is -2.28. The lowest BCUT2D eigenvalue weighted by molar-refractivity contribution is 1.52. The van der Waals surface area contributed by atoms with Crippen molar-refractivity contribution in [2.45, 2.75) is 0 Å². The van der Waals surface area contributed by atoms with Crippen LogP contribution in [0.25, 0.3) is 34.0 Å². The lowest BCUT2D eigenvalue weighted by atomic mass is 10.1. The van der Waals surface area contributed by atoms with E-state index in [0.717, 1.165) is 22.2 Å². The molecule has 0 amide bonds. The highest BCUT2D eigenvalue weighted by atomic mass is 14.7. The first-order valence-corrected chi connectivity index (χ1v) is 5.63. The zero-order valence-corrected chi connectivity index (χ0v) is 9.53. The standard InChI is InChI=1S/C16H13N/c1-3-11-7-5-9-13-14-10-6-8-12(4-2)16(14)17-15(11)13/h3-10,17H,1-2H2. The van der Waals surface area contributed by atoms with E-state index >= 15 is 0 Å². The van der Waals surface area contributed by atoms with Crippen molar-refractivity contribution in [3.63, 3.8) is 0 Å². The van der Waals surface area contributed by atoms with E-state index in [9.17, 15) is 0 Å². The van der Waals surface area contributed by atoms with Crippen molar-refractivity contribution in [2.24, 2.45) is 0 Å². The maximum atomic E-state index is 3.85. The summed E-state index contributed by atoms with van der Waals surface area (Å²) >= 11 is 0. The molecule has 1 nitrogen and oxygen atoms in total. The van der Waals surface area contributed by atoms with Gasteiger partial charge in [-0.25, -0.2) is 0 Å². The van der Waals surface area contributed by atoms with Gasteiger partial charge < -0.3 is 4.98 Å². The summed E-state index contributed by atoms with van der Waals surface area (Å²) in [5.74, 6) is 0. The first kappa shape index (κ1) is 9.91. The molecule has 0 fully saturated rings. The van der Waals surface area contributed by atoms with E-state index in [0.29, 0.717) is 0 Å². The van der Waals surface area contributed by atoms with Crippen molar-refractivity contribution in [1.82, 2.24) is 4.98 Å². The van der Waals surface area contributed by atoms with Crippen LogP contribution < -0.4 is 0 Å². The average Bonchev–Trinajstić information content (AvgIpc) is 2.77. The van der Waals surface area contributed by atoms with E-state index in [-0.39, 0.29) is 0 Å². The molecular formula is C16H13N. The van der Waals surface area contributed by atoms with Crippen molar-refractivity contribution < 1.29 is 0 Å². The molecule has 0 aliphatic rings. The van der Waals surface area contributed by atoms with Crippen LogP contribution in [0.15, 0.2) is 49.6 Å². The van der Waals surface area contributed by atoms with Gasteiger partial charge in [-0.1, -0.05) is 61.7 Å². The van der Waals surface area contributed by atoms with Gasteiger partial charge in [0.05, 0.1) is 11.0 Å². The SMILES string of the molecule is C=Cc1cccc2c1[nH]c1c(C=C)cccc12. The minimum absolute atomic E-state index is 1.13. The summed E-state index contributed by atoms with van der Waals surface area (Å²) in [7, 11) is 0. The number of aromatic nitrogens is 1. The maximum absolute atomic E-state index is 3.85. The largest absolute Gasteiger partial charge is 0.354 e. The van der Waals surface area contributed by atoms with Gasteiger partial charge in [-0.2, -0.15) is 0 Å². The quantitative estimate of drug-likeness (QED) is 0.648. The van der Waals surface area contributed by atoms with E-state index in [1.807, 2.05) is 12.2 Å². The third-order valence-corrected chi connectivity index (χ3v) is 3.17. The minimum Gasteiger partial charge on any atom is -0.354 e. The number of hydrogen-bond acceptors (Lipinski definition) is 0. The van der Waals surface area contributed by atoms with Gasteiger partial charge in [0.15, 0.2) is 0 Å².